The van der Waals surface area contributed by atoms with Crippen molar-refractivity contribution in [2.75, 3.05) is 32.5 Å². The number of nitrogens with zero attached hydrogens (tertiary/aromatic N) is 3. The van der Waals surface area contributed by atoms with Gasteiger partial charge in [0.15, 0.2) is 0 Å². The average Bonchev–Trinajstić information content (AvgIpc) is 2.76. The second kappa shape index (κ2) is 8.45. The van der Waals surface area contributed by atoms with E-state index in [1.165, 1.54) is 0 Å². The summed E-state index contributed by atoms with van der Waals surface area (Å²) in [4.78, 5) is 23.7. The molecule has 0 unspecified atom stereocenters. The fraction of sp³-hybridized carbons (Fsp3) is 0.318. The zero-order chi connectivity index (χ0) is 20.2. The van der Waals surface area contributed by atoms with Crippen molar-refractivity contribution >= 4 is 22.5 Å². The molecule has 1 aromatic carbocycles. The molecule has 0 spiro atoms. The zero-order valence-corrected chi connectivity index (χ0v) is 16.7. The Morgan fingerprint density at radius 2 is 1.90 bits per heavy atom. The highest BCUT2D eigenvalue weighted by molar-refractivity contribution is 5.97. The van der Waals surface area contributed by atoms with Gasteiger partial charge in [-0.25, -0.2) is 4.98 Å². The molecule has 1 aliphatic rings. The monoisotopic (exact) mass is 391 g/mol. The maximum absolute atomic E-state index is 12.7. The van der Waals surface area contributed by atoms with E-state index < -0.39 is 0 Å². The fourth-order valence-corrected chi connectivity index (χ4v) is 3.47. The maximum atomic E-state index is 12.7. The molecule has 0 radical (unpaired) electrons. The molecule has 7 nitrogen and oxygen atoms in total. The van der Waals surface area contributed by atoms with Crippen molar-refractivity contribution < 1.29 is 9.53 Å². The third-order valence-corrected chi connectivity index (χ3v) is 5.25. The van der Waals surface area contributed by atoms with Gasteiger partial charge in [0.2, 0.25) is 0 Å². The van der Waals surface area contributed by atoms with Crippen LogP contribution in [0.1, 0.15) is 23.3 Å². The summed E-state index contributed by atoms with van der Waals surface area (Å²) in [6.07, 6.45) is 5.21. The lowest BCUT2D eigenvalue weighted by molar-refractivity contribution is 0.0912. The molecule has 0 bridgehead atoms. The molecule has 1 amide bonds. The third kappa shape index (κ3) is 4.46. The second-order valence-corrected chi connectivity index (χ2v) is 7.32. The van der Waals surface area contributed by atoms with Gasteiger partial charge in [-0.15, -0.1) is 0 Å². The topological polar surface area (TPSA) is 79.4 Å². The summed E-state index contributed by atoms with van der Waals surface area (Å²) in [5.74, 6) is 1.20. The van der Waals surface area contributed by atoms with Gasteiger partial charge < -0.3 is 20.3 Å². The van der Waals surface area contributed by atoms with E-state index in [9.17, 15) is 4.79 Å². The highest BCUT2D eigenvalue weighted by Gasteiger charge is 2.20. The van der Waals surface area contributed by atoms with Crippen LogP contribution in [0.2, 0.25) is 0 Å². The number of fused-ring (bicyclic) bond motifs is 1. The van der Waals surface area contributed by atoms with Crippen molar-refractivity contribution in [1.82, 2.24) is 20.2 Å². The number of piperidine rings is 1. The predicted molar refractivity (Wildman–Crippen MR) is 114 cm³/mol. The van der Waals surface area contributed by atoms with Crippen molar-refractivity contribution in [3.8, 4) is 11.5 Å². The molecule has 4 rings (SSSR count). The lowest BCUT2D eigenvalue weighted by Crippen LogP contribution is -2.43. The van der Waals surface area contributed by atoms with Crippen LogP contribution >= 0.6 is 0 Å². The molecule has 1 aliphatic heterocycles. The van der Waals surface area contributed by atoms with Gasteiger partial charge in [-0.2, -0.15) is 0 Å². The molecule has 7 heteroatoms. The molecule has 0 aliphatic carbocycles. The van der Waals surface area contributed by atoms with Crippen LogP contribution in [-0.4, -0.2) is 54.0 Å². The van der Waals surface area contributed by atoms with E-state index in [1.807, 2.05) is 31.3 Å². The molecule has 3 aromatic rings. The quantitative estimate of drug-likeness (QED) is 0.695. The molecule has 2 aromatic heterocycles. The van der Waals surface area contributed by atoms with Crippen molar-refractivity contribution in [2.45, 2.75) is 18.9 Å². The minimum absolute atomic E-state index is 0.158. The molecule has 2 N–H and O–H groups in total. The van der Waals surface area contributed by atoms with Gasteiger partial charge in [-0.05, 0) is 69.4 Å². The summed E-state index contributed by atoms with van der Waals surface area (Å²) in [6, 6.07) is 11.4. The van der Waals surface area contributed by atoms with Crippen molar-refractivity contribution in [2.24, 2.45) is 0 Å². The zero-order valence-electron chi connectivity index (χ0n) is 16.7. The minimum Gasteiger partial charge on any atom is -0.457 e. The van der Waals surface area contributed by atoms with Crippen molar-refractivity contribution in [3.05, 3.63) is 54.5 Å². The largest absolute Gasteiger partial charge is 0.457 e. The van der Waals surface area contributed by atoms with Crippen LogP contribution in [0, 0.1) is 0 Å². The minimum atomic E-state index is -0.158. The summed E-state index contributed by atoms with van der Waals surface area (Å²) in [5.41, 5.74) is 2.07. The Morgan fingerprint density at radius 1 is 1.14 bits per heavy atom. The maximum Gasteiger partial charge on any atom is 0.270 e. The normalized spacial score (nSPS) is 15.2. The lowest BCUT2D eigenvalue weighted by atomic mass is 10.1. The van der Waals surface area contributed by atoms with Gasteiger partial charge >= 0.3 is 0 Å². The summed E-state index contributed by atoms with van der Waals surface area (Å²) in [5, 5.41) is 6.95. The molecular weight excluding hydrogens is 366 g/mol. The first kappa shape index (κ1) is 19.1. The third-order valence-electron chi connectivity index (χ3n) is 5.25. The van der Waals surface area contributed by atoms with E-state index >= 15 is 0 Å². The Bertz CT molecular complexity index is 998. The Kier molecular flexibility index (Phi) is 5.57. The molecule has 0 atom stereocenters. The smallest absolute Gasteiger partial charge is 0.270 e. The van der Waals surface area contributed by atoms with E-state index in [0.717, 1.165) is 37.0 Å². The number of hydrogen-bond donors (Lipinski definition) is 2. The number of benzene rings is 1. The molecule has 0 saturated carbocycles. The molecule has 1 fully saturated rings. The number of rotatable bonds is 5. The number of amides is 1. The first-order valence-electron chi connectivity index (χ1n) is 9.82. The first-order valence-corrected chi connectivity index (χ1v) is 9.82. The Labute approximate surface area is 170 Å². The lowest BCUT2D eigenvalue weighted by Gasteiger charge is -2.29. The van der Waals surface area contributed by atoms with Crippen LogP contribution in [0.15, 0.2) is 48.8 Å². The Morgan fingerprint density at radius 3 is 2.62 bits per heavy atom. The van der Waals surface area contributed by atoms with Gasteiger partial charge in [0, 0.05) is 30.4 Å². The molecule has 3 heterocycles. The fourth-order valence-electron chi connectivity index (χ4n) is 3.47. The van der Waals surface area contributed by atoms with Crippen molar-refractivity contribution in [1.29, 1.82) is 0 Å². The summed E-state index contributed by atoms with van der Waals surface area (Å²) >= 11 is 0. The van der Waals surface area contributed by atoms with Gasteiger partial charge in [0.05, 0.1) is 11.7 Å². The summed E-state index contributed by atoms with van der Waals surface area (Å²) in [6.45, 7) is 1.98. The number of hydrogen-bond acceptors (Lipinski definition) is 6. The Balaban J connectivity index is 1.55. The number of nitrogens with one attached hydrogen (secondary N) is 2. The van der Waals surface area contributed by atoms with E-state index in [4.69, 9.17) is 4.74 Å². The number of anilines is 1. The molecular formula is C22H25N5O2. The number of pyridine rings is 2. The predicted octanol–water partition coefficient (Wildman–Crippen LogP) is 3.29. The van der Waals surface area contributed by atoms with E-state index in [2.05, 4.69) is 32.5 Å². The van der Waals surface area contributed by atoms with Crippen LogP contribution in [-0.2, 0) is 0 Å². The van der Waals surface area contributed by atoms with Crippen LogP contribution in [0.5, 0.6) is 11.5 Å². The SMILES string of the molecule is CNc1ccc(Oc2ccnc3cnc(C(=O)NC4CCN(C)CC4)cc23)cc1. The van der Waals surface area contributed by atoms with Crippen LogP contribution in [0.3, 0.4) is 0 Å². The van der Waals surface area contributed by atoms with E-state index in [1.54, 1.807) is 24.5 Å². The van der Waals surface area contributed by atoms with Gasteiger partial charge in [0.25, 0.3) is 5.91 Å². The van der Waals surface area contributed by atoms with E-state index in [0.29, 0.717) is 22.7 Å². The van der Waals surface area contributed by atoms with Crippen LogP contribution in [0.25, 0.3) is 10.9 Å². The second-order valence-electron chi connectivity index (χ2n) is 7.32. The highest BCUT2D eigenvalue weighted by Crippen LogP contribution is 2.29. The van der Waals surface area contributed by atoms with Gasteiger partial charge in [0.1, 0.15) is 17.2 Å². The summed E-state index contributed by atoms with van der Waals surface area (Å²) in [7, 11) is 3.97. The number of carbonyl (C=O) groups excluding carboxylic acids is 1. The number of likely N-dealkylation sites (tertiary alicyclic amines) is 1. The average molecular weight is 391 g/mol. The standard InChI is InChI=1S/C22H25N5O2/c1-23-15-3-5-17(6-4-15)29-21-7-10-24-20-14-25-19(13-18(20)21)22(28)26-16-8-11-27(2)12-9-16/h3-7,10,13-14,16,23H,8-9,11-12H2,1-2H3,(H,26,28). The number of aromatic nitrogens is 2. The summed E-state index contributed by atoms with van der Waals surface area (Å²) < 4.78 is 6.05. The van der Waals surface area contributed by atoms with Crippen LogP contribution in [0.4, 0.5) is 5.69 Å². The van der Waals surface area contributed by atoms with Crippen LogP contribution < -0.4 is 15.4 Å². The van der Waals surface area contributed by atoms with Gasteiger partial charge in [-0.1, -0.05) is 0 Å². The number of carbonyl (C=O) groups is 1. The molecule has 29 heavy (non-hydrogen) atoms. The number of ether oxygens (including phenoxy) is 1. The van der Waals surface area contributed by atoms with E-state index in [-0.39, 0.29) is 11.9 Å². The van der Waals surface area contributed by atoms with Crippen molar-refractivity contribution in [3.63, 3.8) is 0 Å². The molecule has 150 valence electrons. The first-order chi connectivity index (χ1) is 14.1. The van der Waals surface area contributed by atoms with Gasteiger partial charge in [-0.3, -0.25) is 9.78 Å². The Hall–Kier alpha value is -3.19. The molecule has 1 saturated heterocycles. The highest BCUT2D eigenvalue weighted by atomic mass is 16.5.